The first-order valence-electron chi connectivity index (χ1n) is 9.08. The highest BCUT2D eigenvalue weighted by Crippen LogP contribution is 2.75. The minimum atomic E-state index is 0.393. The topological polar surface area (TPSA) is 9.23 Å². The number of hydrogen-bond donors (Lipinski definition) is 0. The Morgan fingerprint density at radius 3 is 2.78 bits per heavy atom. The summed E-state index contributed by atoms with van der Waals surface area (Å²) in [4.78, 5) is 1.75. The van der Waals surface area contributed by atoms with Crippen molar-refractivity contribution in [2.75, 3.05) is 6.61 Å². The molecule has 0 saturated heterocycles. The monoisotopic (exact) mass is 326 g/mol. The van der Waals surface area contributed by atoms with Crippen molar-refractivity contribution >= 4 is 11.8 Å². The highest BCUT2D eigenvalue weighted by molar-refractivity contribution is 8.03. The van der Waals surface area contributed by atoms with Crippen LogP contribution in [-0.4, -0.2) is 11.9 Å². The van der Waals surface area contributed by atoms with Gasteiger partial charge in [0.1, 0.15) is 5.75 Å². The van der Waals surface area contributed by atoms with Crippen LogP contribution in [0.2, 0.25) is 0 Å². The van der Waals surface area contributed by atoms with E-state index in [-0.39, 0.29) is 0 Å². The van der Waals surface area contributed by atoms with Crippen molar-refractivity contribution < 1.29 is 4.74 Å². The van der Waals surface area contributed by atoms with E-state index < -0.39 is 0 Å². The fourth-order valence-corrected chi connectivity index (χ4v) is 7.76. The fraction of sp³-hybridized carbons (Fsp3) is 0.619. The third kappa shape index (κ3) is 1.57. The number of ether oxygens (including phenoxy) is 1. The van der Waals surface area contributed by atoms with Gasteiger partial charge in [-0.15, -0.1) is 11.8 Å². The summed E-state index contributed by atoms with van der Waals surface area (Å²) in [5, 5.41) is 0.652. The number of para-hydroxylation sites is 1. The Hall–Kier alpha value is -0.890. The summed E-state index contributed by atoms with van der Waals surface area (Å²) in [5.74, 6) is 3.12. The molecule has 0 spiro atoms. The molecule has 5 rings (SSSR count). The lowest BCUT2D eigenvalue weighted by molar-refractivity contribution is 0.170. The van der Waals surface area contributed by atoms with E-state index in [4.69, 9.17) is 4.74 Å². The predicted octanol–water partition coefficient (Wildman–Crippen LogP) is 5.62. The van der Waals surface area contributed by atoms with Gasteiger partial charge in [0.2, 0.25) is 0 Å². The summed E-state index contributed by atoms with van der Waals surface area (Å²) in [6.07, 6.45) is 2.75. The Morgan fingerprint density at radius 1 is 1.17 bits per heavy atom. The average Bonchev–Trinajstić information content (AvgIpc) is 2.86. The minimum Gasteiger partial charge on any atom is -0.493 e. The van der Waals surface area contributed by atoms with Crippen LogP contribution in [0.15, 0.2) is 34.7 Å². The molecule has 0 radical (unpaired) electrons. The van der Waals surface area contributed by atoms with Gasteiger partial charge in [0, 0.05) is 28.1 Å². The number of hydrogen-bond acceptors (Lipinski definition) is 2. The summed E-state index contributed by atoms with van der Waals surface area (Å²) >= 11 is 2.18. The van der Waals surface area contributed by atoms with Crippen LogP contribution in [0.5, 0.6) is 5.75 Å². The lowest BCUT2D eigenvalue weighted by Gasteiger charge is -2.45. The summed E-state index contributed by atoms with van der Waals surface area (Å²) in [5.41, 5.74) is 4.05. The van der Waals surface area contributed by atoms with Crippen molar-refractivity contribution in [1.29, 1.82) is 0 Å². The molecule has 2 heterocycles. The molecule has 0 aromatic heterocycles. The maximum atomic E-state index is 6.13. The second-order valence-corrected chi connectivity index (χ2v) is 10.1. The number of rotatable bonds is 0. The zero-order valence-electron chi connectivity index (χ0n) is 14.6. The summed E-state index contributed by atoms with van der Waals surface area (Å²) in [7, 11) is 0. The maximum Gasteiger partial charge on any atom is 0.123 e. The molecule has 23 heavy (non-hydrogen) atoms. The van der Waals surface area contributed by atoms with E-state index in [2.05, 4.69) is 63.7 Å². The Bertz CT molecular complexity index is 718. The van der Waals surface area contributed by atoms with Gasteiger partial charge in [-0.1, -0.05) is 45.9 Å². The first-order chi connectivity index (χ1) is 10.9. The first-order valence-corrected chi connectivity index (χ1v) is 9.96. The molecule has 1 saturated carbocycles. The Balaban J connectivity index is 1.74. The maximum absolute atomic E-state index is 6.13. The van der Waals surface area contributed by atoms with Crippen LogP contribution in [0.25, 0.3) is 0 Å². The van der Waals surface area contributed by atoms with Crippen LogP contribution < -0.4 is 4.74 Å². The van der Waals surface area contributed by atoms with Crippen molar-refractivity contribution in [2.45, 2.75) is 51.7 Å². The quantitative estimate of drug-likeness (QED) is 0.611. The average molecular weight is 327 g/mol. The van der Waals surface area contributed by atoms with E-state index in [1.165, 1.54) is 18.4 Å². The lowest BCUT2D eigenvalue weighted by Crippen LogP contribution is -2.38. The van der Waals surface area contributed by atoms with Crippen LogP contribution in [0, 0.1) is 22.7 Å². The van der Waals surface area contributed by atoms with Gasteiger partial charge in [-0.2, -0.15) is 0 Å². The van der Waals surface area contributed by atoms with Crippen LogP contribution in [0.1, 0.15) is 52.0 Å². The molecule has 1 aromatic rings. The molecular formula is C21H26OS. The second kappa shape index (κ2) is 4.39. The third-order valence-corrected chi connectivity index (χ3v) is 9.36. The Labute approximate surface area is 143 Å². The normalized spacial score (nSPS) is 42.8. The summed E-state index contributed by atoms with van der Waals surface area (Å²) in [6.45, 7) is 10.9. The van der Waals surface area contributed by atoms with E-state index in [1.807, 2.05) is 0 Å². The molecule has 0 unspecified atom stereocenters. The van der Waals surface area contributed by atoms with Crippen LogP contribution in [0.4, 0.5) is 0 Å². The first kappa shape index (κ1) is 14.5. The van der Waals surface area contributed by atoms with Gasteiger partial charge in [-0.25, -0.2) is 0 Å². The van der Waals surface area contributed by atoms with Crippen LogP contribution in [-0.2, 0) is 0 Å². The largest absolute Gasteiger partial charge is 0.493 e. The zero-order chi connectivity index (χ0) is 16.0. The summed E-state index contributed by atoms with van der Waals surface area (Å²) < 4.78 is 6.13. The predicted molar refractivity (Wildman–Crippen MR) is 96.9 cm³/mol. The van der Waals surface area contributed by atoms with Gasteiger partial charge in [-0.05, 0) is 40.7 Å². The van der Waals surface area contributed by atoms with Crippen LogP contribution in [0.3, 0.4) is 0 Å². The highest BCUT2D eigenvalue weighted by Gasteiger charge is 2.64. The molecule has 0 N–H and O–H groups in total. The molecule has 4 aliphatic rings. The van der Waals surface area contributed by atoms with Crippen molar-refractivity contribution in [3.63, 3.8) is 0 Å². The molecule has 2 aliphatic heterocycles. The van der Waals surface area contributed by atoms with Gasteiger partial charge < -0.3 is 4.74 Å². The van der Waals surface area contributed by atoms with Crippen molar-refractivity contribution in [1.82, 2.24) is 0 Å². The number of fused-ring (bicyclic) bond motifs is 8. The SMILES string of the molecule is C[C@@H]1SC2=C([C@@H]3c4ccccc4OC[C@@H]13)[C@H]1CC[C@]2(C)C1(C)C. The van der Waals surface area contributed by atoms with E-state index >= 15 is 0 Å². The van der Waals surface area contributed by atoms with E-state index in [0.29, 0.717) is 27.9 Å². The number of thioether (sulfide) groups is 1. The number of allylic oxidation sites excluding steroid dienone is 2. The molecule has 1 aromatic carbocycles. The molecule has 2 aliphatic carbocycles. The van der Waals surface area contributed by atoms with E-state index in [0.717, 1.165) is 18.3 Å². The lowest BCUT2D eigenvalue weighted by atomic mass is 9.68. The smallest absolute Gasteiger partial charge is 0.123 e. The van der Waals surface area contributed by atoms with Gasteiger partial charge in [-0.3, -0.25) is 0 Å². The van der Waals surface area contributed by atoms with Crippen molar-refractivity contribution in [3.05, 3.63) is 40.3 Å². The Morgan fingerprint density at radius 2 is 1.96 bits per heavy atom. The molecule has 2 heteroatoms. The zero-order valence-corrected chi connectivity index (χ0v) is 15.4. The molecule has 0 amide bonds. The molecular weight excluding hydrogens is 300 g/mol. The fourth-order valence-electron chi connectivity index (χ4n) is 5.94. The molecule has 2 bridgehead atoms. The van der Waals surface area contributed by atoms with Gasteiger partial charge in [0.15, 0.2) is 0 Å². The molecule has 122 valence electrons. The third-order valence-electron chi connectivity index (χ3n) is 7.72. The summed E-state index contributed by atoms with van der Waals surface area (Å²) in [6, 6.07) is 8.79. The van der Waals surface area contributed by atoms with Crippen LogP contribution >= 0.6 is 11.8 Å². The van der Waals surface area contributed by atoms with E-state index in [9.17, 15) is 0 Å². The second-order valence-electron chi connectivity index (χ2n) is 8.74. The van der Waals surface area contributed by atoms with Gasteiger partial charge >= 0.3 is 0 Å². The molecule has 1 nitrogen and oxygen atoms in total. The van der Waals surface area contributed by atoms with Gasteiger partial charge in [0.25, 0.3) is 0 Å². The number of benzene rings is 1. The molecule has 1 fully saturated rings. The van der Waals surface area contributed by atoms with Gasteiger partial charge in [0.05, 0.1) is 6.61 Å². The standard InChI is InChI=1S/C21H26OS/c1-12-14-11-22-16-8-6-5-7-13(16)17(14)18-15-9-10-21(4,19(18)23-12)20(15,2)3/h5-8,12,14-15,17H,9-11H2,1-4H3/t12-,14-,15+,17+,21-/m0/s1. The minimum absolute atomic E-state index is 0.393. The van der Waals surface area contributed by atoms with Crippen molar-refractivity contribution in [2.24, 2.45) is 22.7 Å². The van der Waals surface area contributed by atoms with Crippen molar-refractivity contribution in [3.8, 4) is 5.75 Å². The highest BCUT2D eigenvalue weighted by atomic mass is 32.2. The molecule has 5 atom stereocenters. The Kier molecular flexibility index (Phi) is 2.76. The van der Waals surface area contributed by atoms with E-state index in [1.54, 1.807) is 10.5 Å².